The number of carbonyl (C=O) groups is 2. The van der Waals surface area contributed by atoms with Gasteiger partial charge in [-0.2, -0.15) is 0 Å². The molecule has 5 aromatic rings. The molecule has 6 N–H and O–H groups in total. The number of H-pyrrole nitrogens is 1. The van der Waals surface area contributed by atoms with Crippen molar-refractivity contribution in [2.45, 2.75) is 32.4 Å². The van der Waals surface area contributed by atoms with Crippen molar-refractivity contribution in [1.29, 1.82) is 0 Å². The molecule has 6 rings (SSSR count). The Morgan fingerprint density at radius 1 is 1.05 bits per heavy atom. The van der Waals surface area contributed by atoms with Crippen molar-refractivity contribution in [3.8, 4) is 11.4 Å². The van der Waals surface area contributed by atoms with Gasteiger partial charge in [0.05, 0.1) is 6.04 Å². The molecule has 0 fully saturated rings. The zero-order valence-electron chi connectivity index (χ0n) is 22.7. The monoisotopic (exact) mass is 580 g/mol. The molecule has 1 aliphatic carbocycles. The van der Waals surface area contributed by atoms with Gasteiger partial charge in [-0.05, 0) is 54.2 Å². The zero-order valence-corrected chi connectivity index (χ0v) is 22.7. The molecule has 2 amide bonds. The van der Waals surface area contributed by atoms with Crippen LogP contribution in [0.25, 0.3) is 11.4 Å². The van der Waals surface area contributed by atoms with Crippen molar-refractivity contribution in [2.24, 2.45) is 0 Å². The summed E-state index contributed by atoms with van der Waals surface area (Å²) in [7, 11) is 0. The van der Waals surface area contributed by atoms with Gasteiger partial charge >= 0.3 is 5.76 Å². The molecule has 2 heterocycles. The summed E-state index contributed by atoms with van der Waals surface area (Å²) in [4.78, 5) is 71.0. The van der Waals surface area contributed by atoms with Gasteiger partial charge in [0, 0.05) is 23.9 Å². The number of nitrogens with zero attached hydrogens (tertiary/aromatic N) is 3. The molecule has 14 heteroatoms. The molecule has 0 radical (unpaired) electrons. The van der Waals surface area contributed by atoms with E-state index in [4.69, 9.17) is 5.73 Å². The second kappa shape index (κ2) is 10.8. The number of amides is 2. The summed E-state index contributed by atoms with van der Waals surface area (Å²) in [5.74, 6) is -1.25. The lowest BCUT2D eigenvalue weighted by Crippen LogP contribution is -2.36. The first-order valence-corrected chi connectivity index (χ1v) is 13.2. The molecule has 0 spiro atoms. The van der Waals surface area contributed by atoms with Crippen LogP contribution >= 0.6 is 0 Å². The maximum absolute atomic E-state index is 13.1. The molecule has 14 nitrogen and oxygen atoms in total. The molecular weight excluding hydrogens is 556 g/mol. The van der Waals surface area contributed by atoms with Crippen LogP contribution in [-0.2, 0) is 13.0 Å². The Kier molecular flexibility index (Phi) is 6.85. The molecule has 216 valence electrons. The Bertz CT molecular complexity index is 2040. The molecule has 0 saturated heterocycles. The number of aromatic amines is 1. The Labute approximate surface area is 242 Å². The fourth-order valence-corrected chi connectivity index (χ4v) is 5.18. The number of fused-ring (bicyclic) bond motifs is 1. The molecule has 1 aliphatic rings. The Hall–Kier alpha value is -5.92. The van der Waals surface area contributed by atoms with E-state index in [1.165, 1.54) is 6.07 Å². The van der Waals surface area contributed by atoms with Crippen LogP contribution in [0, 0.1) is 6.92 Å². The van der Waals surface area contributed by atoms with Crippen molar-refractivity contribution in [1.82, 2.24) is 30.7 Å². The lowest BCUT2D eigenvalue weighted by Gasteiger charge is -2.15. The van der Waals surface area contributed by atoms with E-state index in [1.807, 2.05) is 19.1 Å². The van der Waals surface area contributed by atoms with E-state index in [0.717, 1.165) is 35.0 Å². The lowest BCUT2D eigenvalue weighted by molar-refractivity contribution is 0.0931. The predicted molar refractivity (Wildman–Crippen MR) is 155 cm³/mol. The van der Waals surface area contributed by atoms with Crippen LogP contribution in [0.3, 0.4) is 0 Å². The summed E-state index contributed by atoms with van der Waals surface area (Å²) < 4.78 is 4.63. The molecule has 0 aliphatic heterocycles. The molecule has 43 heavy (non-hydrogen) atoms. The van der Waals surface area contributed by atoms with E-state index >= 15 is 0 Å². The van der Waals surface area contributed by atoms with E-state index < -0.39 is 28.4 Å². The molecule has 0 saturated carbocycles. The van der Waals surface area contributed by atoms with E-state index in [2.05, 4.69) is 40.6 Å². The summed E-state index contributed by atoms with van der Waals surface area (Å²) in [5.41, 5.74) is 9.09. The van der Waals surface area contributed by atoms with Crippen LogP contribution in [0.2, 0.25) is 0 Å². The predicted octanol–water partition coefficient (Wildman–Crippen LogP) is 1.40. The molecule has 2 aromatic heterocycles. The summed E-state index contributed by atoms with van der Waals surface area (Å²) in [6.45, 7) is 2.06. The molecule has 1 atom stereocenters. The van der Waals surface area contributed by atoms with Crippen molar-refractivity contribution in [3.05, 3.63) is 113 Å². The number of hydrogen-bond donors (Lipinski definition) is 5. The Balaban J connectivity index is 1.10. The molecular formula is C29H24N8O6. The van der Waals surface area contributed by atoms with Crippen LogP contribution in [-0.4, -0.2) is 31.9 Å². The Morgan fingerprint density at radius 3 is 2.58 bits per heavy atom. The number of anilines is 3. The van der Waals surface area contributed by atoms with Crippen molar-refractivity contribution >= 4 is 28.9 Å². The van der Waals surface area contributed by atoms with Gasteiger partial charge in [-0.15, -0.1) is 0 Å². The topological polar surface area (TPSA) is 215 Å². The third-order valence-electron chi connectivity index (χ3n) is 7.42. The number of carbonyl (C=O) groups excluding carboxylic acids is 2. The first kappa shape index (κ1) is 27.3. The lowest BCUT2D eigenvalue weighted by atomic mass is 9.97. The average Bonchev–Trinajstić information content (AvgIpc) is 3.64. The van der Waals surface area contributed by atoms with Gasteiger partial charge in [-0.25, -0.2) is 14.8 Å². The second-order valence-corrected chi connectivity index (χ2v) is 10.1. The zero-order chi connectivity index (χ0) is 30.2. The summed E-state index contributed by atoms with van der Waals surface area (Å²) >= 11 is 0. The van der Waals surface area contributed by atoms with E-state index in [-0.39, 0.29) is 35.3 Å². The summed E-state index contributed by atoms with van der Waals surface area (Å²) in [5, 5.41) is 12.3. The van der Waals surface area contributed by atoms with Gasteiger partial charge in [0.25, 0.3) is 22.7 Å². The van der Waals surface area contributed by atoms with Crippen molar-refractivity contribution in [2.75, 3.05) is 11.1 Å². The van der Waals surface area contributed by atoms with E-state index in [9.17, 15) is 24.0 Å². The SMILES string of the molecule is Cc1c(-c2noc(=O)[nH]2)ccc2c1CC[C@@H]2NC(=O)c1cc(C(=O)NCc2cccc(Nc3c(N)c(=O)c3=O)c2)ncn1. The van der Waals surface area contributed by atoms with Gasteiger partial charge in [-0.3, -0.25) is 28.7 Å². The van der Waals surface area contributed by atoms with E-state index in [0.29, 0.717) is 23.5 Å². The molecule has 0 bridgehead atoms. The minimum absolute atomic E-state index is 0.0137. The van der Waals surface area contributed by atoms with Gasteiger partial charge in [0.2, 0.25) is 0 Å². The number of nitrogens with two attached hydrogens (primary N) is 1. The van der Waals surface area contributed by atoms with Crippen LogP contribution in [0.4, 0.5) is 17.1 Å². The molecule has 3 aromatic carbocycles. The summed E-state index contributed by atoms with van der Waals surface area (Å²) in [6, 6.07) is 11.7. The third-order valence-corrected chi connectivity index (χ3v) is 7.42. The average molecular weight is 581 g/mol. The van der Waals surface area contributed by atoms with Crippen LogP contribution < -0.4 is 38.3 Å². The van der Waals surface area contributed by atoms with Gasteiger partial charge in [0.1, 0.15) is 29.1 Å². The highest BCUT2D eigenvalue weighted by Gasteiger charge is 2.28. The smallest absolute Gasteiger partial charge is 0.394 e. The molecule has 0 unspecified atom stereocenters. The minimum Gasteiger partial charge on any atom is -0.394 e. The van der Waals surface area contributed by atoms with Crippen LogP contribution in [0.15, 0.2) is 67.7 Å². The highest BCUT2D eigenvalue weighted by molar-refractivity contribution is 5.97. The Morgan fingerprint density at radius 2 is 1.84 bits per heavy atom. The largest absolute Gasteiger partial charge is 0.439 e. The van der Waals surface area contributed by atoms with Crippen LogP contribution in [0.1, 0.15) is 55.7 Å². The first-order valence-electron chi connectivity index (χ1n) is 13.2. The number of benzene rings is 2. The number of nitrogen functional groups attached to an aromatic ring is 1. The van der Waals surface area contributed by atoms with Crippen molar-refractivity contribution in [3.63, 3.8) is 0 Å². The van der Waals surface area contributed by atoms with Crippen LogP contribution in [0.5, 0.6) is 0 Å². The number of nitrogens with one attached hydrogen (secondary N) is 4. The van der Waals surface area contributed by atoms with Gasteiger partial charge in [0.15, 0.2) is 5.82 Å². The minimum atomic E-state index is -0.718. The normalized spacial score (nSPS) is 13.9. The maximum Gasteiger partial charge on any atom is 0.439 e. The fourth-order valence-electron chi connectivity index (χ4n) is 5.18. The third kappa shape index (κ3) is 5.16. The quantitative estimate of drug-likeness (QED) is 0.165. The second-order valence-electron chi connectivity index (χ2n) is 10.1. The summed E-state index contributed by atoms with van der Waals surface area (Å²) in [6.07, 6.45) is 2.54. The first-order chi connectivity index (χ1) is 20.7. The number of hydrogen-bond acceptors (Lipinski definition) is 11. The van der Waals surface area contributed by atoms with Gasteiger partial charge < -0.3 is 21.7 Å². The highest BCUT2D eigenvalue weighted by Crippen LogP contribution is 2.37. The fraction of sp³-hybridized carbons (Fsp3) is 0.172. The number of rotatable bonds is 8. The van der Waals surface area contributed by atoms with Crippen molar-refractivity contribution < 1.29 is 14.1 Å². The van der Waals surface area contributed by atoms with Gasteiger partial charge in [-0.1, -0.05) is 29.4 Å². The number of aromatic nitrogens is 4. The van der Waals surface area contributed by atoms with E-state index in [1.54, 1.807) is 24.3 Å². The standard InChI is InChI=1S/C29H24N8O6/c1-13-16-7-8-19(18(16)6-5-17(13)26-36-29(42)43-37-26)35-28(41)21-10-20(32-12-33-21)27(40)31-11-14-3-2-4-15(9-14)34-23-22(30)24(38)25(23)39/h2-6,9-10,12,19,34H,7-8,11,30H2,1H3,(H,31,40)(H,35,41)(H,36,37,42)/t19-/m0/s1. The highest BCUT2D eigenvalue weighted by atomic mass is 16.5. The maximum atomic E-state index is 13.1.